The summed E-state index contributed by atoms with van der Waals surface area (Å²) in [7, 11) is -3.76. The number of aliphatic hydroxyl groups is 1. The van der Waals surface area contributed by atoms with E-state index < -0.39 is 22.4 Å². The van der Waals surface area contributed by atoms with E-state index in [0.29, 0.717) is 5.69 Å². The van der Waals surface area contributed by atoms with Crippen LogP contribution in [0.25, 0.3) is 0 Å². The van der Waals surface area contributed by atoms with Crippen molar-refractivity contribution in [1.29, 1.82) is 0 Å². The van der Waals surface area contributed by atoms with E-state index in [4.69, 9.17) is 5.11 Å². The van der Waals surface area contributed by atoms with E-state index in [-0.39, 0.29) is 17.0 Å². The van der Waals surface area contributed by atoms with Crippen LogP contribution in [0.15, 0.2) is 28.5 Å². The second kappa shape index (κ2) is 5.96. The Morgan fingerprint density at radius 3 is 2.80 bits per heavy atom. The first-order valence-electron chi connectivity index (χ1n) is 5.72. The molecule has 108 valence electrons. The molecule has 0 atom stereocenters. The molecular weight excluding hydrogens is 303 g/mol. The summed E-state index contributed by atoms with van der Waals surface area (Å²) in [6.45, 7) is 1.34. The Kier molecular flexibility index (Phi) is 4.48. The minimum atomic E-state index is -3.76. The molecule has 20 heavy (non-hydrogen) atoms. The minimum Gasteiger partial charge on any atom is -0.392 e. The molecule has 1 aromatic heterocycles. The van der Waals surface area contributed by atoms with Gasteiger partial charge in [-0.25, -0.2) is 22.5 Å². The summed E-state index contributed by atoms with van der Waals surface area (Å²) in [5.74, 6) is -0.637. The van der Waals surface area contributed by atoms with Crippen molar-refractivity contribution in [3.05, 3.63) is 45.7 Å². The molecule has 0 spiro atoms. The normalized spacial score (nSPS) is 11.8. The average molecular weight is 316 g/mol. The van der Waals surface area contributed by atoms with E-state index in [1.54, 1.807) is 5.38 Å². The number of aryl methyl sites for hydroxylation is 1. The van der Waals surface area contributed by atoms with Crippen molar-refractivity contribution in [3.8, 4) is 0 Å². The quantitative estimate of drug-likeness (QED) is 0.877. The number of hydrogen-bond donors (Lipinski definition) is 2. The van der Waals surface area contributed by atoms with Gasteiger partial charge in [-0.05, 0) is 25.1 Å². The third-order valence-electron chi connectivity index (χ3n) is 2.61. The highest BCUT2D eigenvalue weighted by Crippen LogP contribution is 2.16. The molecule has 2 aromatic rings. The molecule has 2 N–H and O–H groups in total. The molecule has 0 saturated carbocycles. The fourth-order valence-electron chi connectivity index (χ4n) is 1.58. The molecule has 0 bridgehead atoms. The molecule has 0 aliphatic heterocycles. The van der Waals surface area contributed by atoms with Gasteiger partial charge in [-0.3, -0.25) is 0 Å². The zero-order valence-corrected chi connectivity index (χ0v) is 12.3. The van der Waals surface area contributed by atoms with Crippen molar-refractivity contribution in [2.24, 2.45) is 0 Å². The Hall–Kier alpha value is -1.35. The van der Waals surface area contributed by atoms with Crippen LogP contribution in [0.2, 0.25) is 0 Å². The third-order valence-corrected chi connectivity index (χ3v) is 4.83. The maximum atomic E-state index is 13.2. The second-order valence-corrected chi connectivity index (χ2v) is 6.92. The minimum absolute atomic E-state index is 0.0580. The second-order valence-electron chi connectivity index (χ2n) is 4.09. The average Bonchev–Trinajstić information content (AvgIpc) is 2.83. The molecule has 0 unspecified atom stereocenters. The van der Waals surface area contributed by atoms with Crippen LogP contribution in [0.1, 0.15) is 16.3 Å². The van der Waals surface area contributed by atoms with E-state index in [1.165, 1.54) is 11.3 Å². The Bertz CT molecular complexity index is 713. The van der Waals surface area contributed by atoms with E-state index in [9.17, 15) is 12.8 Å². The molecule has 5 nitrogen and oxygen atoms in total. The largest absolute Gasteiger partial charge is 0.392 e. The van der Waals surface area contributed by atoms with Crippen LogP contribution >= 0.6 is 11.3 Å². The highest BCUT2D eigenvalue weighted by molar-refractivity contribution is 7.89. The lowest BCUT2D eigenvalue weighted by Crippen LogP contribution is -2.23. The first-order valence-corrected chi connectivity index (χ1v) is 8.08. The summed E-state index contributed by atoms with van der Waals surface area (Å²) in [6, 6.07) is 3.29. The molecular formula is C12H13FN2O3S2. The summed E-state index contributed by atoms with van der Waals surface area (Å²) < 4.78 is 39.7. The van der Waals surface area contributed by atoms with Gasteiger partial charge in [0.25, 0.3) is 0 Å². The van der Waals surface area contributed by atoms with Crippen molar-refractivity contribution in [2.45, 2.75) is 25.0 Å². The summed E-state index contributed by atoms with van der Waals surface area (Å²) in [5.41, 5.74) is 0.568. The Labute approximate surface area is 120 Å². The maximum absolute atomic E-state index is 13.2. The number of halogens is 1. The molecule has 0 saturated heterocycles. The van der Waals surface area contributed by atoms with Crippen molar-refractivity contribution >= 4 is 21.4 Å². The maximum Gasteiger partial charge on any atom is 0.240 e. The molecule has 2 rings (SSSR count). The van der Waals surface area contributed by atoms with Gasteiger partial charge in [0.05, 0.1) is 28.7 Å². The van der Waals surface area contributed by atoms with Crippen molar-refractivity contribution < 1.29 is 17.9 Å². The predicted octanol–water partition coefficient (Wildman–Crippen LogP) is 1.56. The lowest BCUT2D eigenvalue weighted by Gasteiger charge is -2.07. The summed E-state index contributed by atoms with van der Waals surface area (Å²) in [5, 5.41) is 11.6. The van der Waals surface area contributed by atoms with Crippen LogP contribution in [-0.2, 0) is 23.2 Å². The zero-order chi connectivity index (χ0) is 14.8. The van der Waals surface area contributed by atoms with Gasteiger partial charge in [-0.2, -0.15) is 0 Å². The number of nitrogens with zero attached hydrogens (tertiary/aromatic N) is 1. The van der Waals surface area contributed by atoms with E-state index in [1.807, 2.05) is 6.92 Å². The molecule has 0 radical (unpaired) electrons. The van der Waals surface area contributed by atoms with Crippen LogP contribution in [0, 0.1) is 12.7 Å². The van der Waals surface area contributed by atoms with Gasteiger partial charge in [0.2, 0.25) is 10.0 Å². The van der Waals surface area contributed by atoms with E-state index in [2.05, 4.69) is 9.71 Å². The predicted molar refractivity (Wildman–Crippen MR) is 73.2 cm³/mol. The van der Waals surface area contributed by atoms with Gasteiger partial charge >= 0.3 is 0 Å². The van der Waals surface area contributed by atoms with E-state index in [0.717, 1.165) is 23.2 Å². The number of aromatic nitrogens is 1. The topological polar surface area (TPSA) is 79.3 Å². The fourth-order valence-corrected chi connectivity index (χ4v) is 3.24. The van der Waals surface area contributed by atoms with Crippen LogP contribution in [0.4, 0.5) is 4.39 Å². The van der Waals surface area contributed by atoms with Crippen LogP contribution in [0.5, 0.6) is 0 Å². The Balaban J connectivity index is 2.17. The number of thiazole rings is 1. The fraction of sp³-hybridized carbons (Fsp3) is 0.250. The van der Waals surface area contributed by atoms with E-state index >= 15 is 0 Å². The number of nitrogens with one attached hydrogen (secondary N) is 1. The molecule has 1 heterocycles. The molecule has 1 aromatic carbocycles. The van der Waals surface area contributed by atoms with Gasteiger partial charge in [-0.15, -0.1) is 11.3 Å². The zero-order valence-electron chi connectivity index (χ0n) is 10.6. The summed E-state index contributed by atoms with van der Waals surface area (Å²) >= 11 is 1.43. The van der Waals surface area contributed by atoms with Crippen molar-refractivity contribution in [1.82, 2.24) is 9.71 Å². The SMILES string of the molecule is Cc1nc(CNS(=O)(=O)c2ccc(F)c(CO)c2)cs1. The van der Waals surface area contributed by atoms with Crippen LogP contribution < -0.4 is 4.72 Å². The van der Waals surface area contributed by atoms with Gasteiger partial charge < -0.3 is 5.11 Å². The van der Waals surface area contributed by atoms with Crippen molar-refractivity contribution in [3.63, 3.8) is 0 Å². The lowest BCUT2D eigenvalue weighted by molar-refractivity contribution is 0.275. The standard InChI is InChI=1S/C12H13FN2O3S2/c1-8-15-10(7-19-8)5-14-20(17,18)11-2-3-12(13)9(4-11)6-16/h2-4,7,14,16H,5-6H2,1H3. The number of hydrogen-bond acceptors (Lipinski definition) is 5. The number of aliphatic hydroxyl groups excluding tert-OH is 1. The van der Waals surface area contributed by atoms with Gasteiger partial charge in [0.1, 0.15) is 5.82 Å². The monoisotopic (exact) mass is 316 g/mol. The highest BCUT2D eigenvalue weighted by atomic mass is 32.2. The van der Waals surface area contributed by atoms with Gasteiger partial charge in [0, 0.05) is 10.9 Å². The van der Waals surface area contributed by atoms with Crippen LogP contribution in [-0.4, -0.2) is 18.5 Å². The van der Waals surface area contributed by atoms with Crippen molar-refractivity contribution in [2.75, 3.05) is 0 Å². The summed E-state index contributed by atoms with van der Waals surface area (Å²) in [6.07, 6.45) is 0. The number of sulfonamides is 1. The Morgan fingerprint density at radius 2 is 2.20 bits per heavy atom. The first-order chi connectivity index (χ1) is 9.42. The molecule has 0 aliphatic rings. The molecule has 0 amide bonds. The number of benzene rings is 1. The summed E-state index contributed by atoms with van der Waals surface area (Å²) in [4.78, 5) is 4.06. The Morgan fingerprint density at radius 1 is 1.45 bits per heavy atom. The highest BCUT2D eigenvalue weighted by Gasteiger charge is 2.16. The third kappa shape index (κ3) is 3.40. The number of rotatable bonds is 5. The van der Waals surface area contributed by atoms with Gasteiger partial charge in [0.15, 0.2) is 0 Å². The van der Waals surface area contributed by atoms with Gasteiger partial charge in [-0.1, -0.05) is 0 Å². The smallest absolute Gasteiger partial charge is 0.240 e. The first kappa shape index (κ1) is 15.0. The molecule has 8 heteroatoms. The molecule has 0 aliphatic carbocycles. The van der Waals surface area contributed by atoms with Crippen LogP contribution in [0.3, 0.4) is 0 Å². The molecule has 0 fully saturated rings. The lowest BCUT2D eigenvalue weighted by atomic mass is 10.2.